The number of anilines is 3. The van der Waals surface area contributed by atoms with Crippen molar-refractivity contribution >= 4 is 33.9 Å². The molecule has 0 saturated carbocycles. The Bertz CT molecular complexity index is 1060. The first-order valence-corrected chi connectivity index (χ1v) is 10.9. The van der Waals surface area contributed by atoms with Crippen LogP contribution in [0, 0.1) is 11.7 Å². The Morgan fingerprint density at radius 2 is 2.03 bits per heavy atom. The Kier molecular flexibility index (Phi) is 7.15. The van der Waals surface area contributed by atoms with Crippen LogP contribution in [0.4, 0.5) is 21.7 Å². The van der Waals surface area contributed by atoms with Crippen LogP contribution in [0.5, 0.6) is 0 Å². The van der Waals surface area contributed by atoms with Crippen LogP contribution in [0.3, 0.4) is 0 Å². The lowest BCUT2D eigenvalue weighted by molar-refractivity contribution is 0.431. The fourth-order valence-corrected chi connectivity index (χ4v) is 3.67. The van der Waals surface area contributed by atoms with Crippen LogP contribution in [0.1, 0.15) is 52.0 Å². The monoisotopic (exact) mass is 424 g/mol. The largest absolute Gasteiger partial charge is 0.399 e. The first-order valence-electron chi connectivity index (χ1n) is 10.9. The fraction of sp³-hybridized carbons (Fsp3) is 0.417. The molecule has 2 atom stereocenters. The number of pyridine rings is 1. The van der Waals surface area contributed by atoms with Crippen LogP contribution < -0.4 is 16.4 Å². The molecule has 0 bridgehead atoms. The van der Waals surface area contributed by atoms with Gasteiger partial charge in [0.25, 0.3) is 0 Å². The number of hydrogen-bond donors (Lipinski definition) is 3. The number of hydrogen-bond acceptors (Lipinski definition) is 5. The highest BCUT2D eigenvalue weighted by atomic mass is 19.1. The van der Waals surface area contributed by atoms with E-state index >= 15 is 0 Å². The molecule has 2 aromatic heterocycles. The number of nitrogens with one attached hydrogen (secondary N) is 2. The van der Waals surface area contributed by atoms with Crippen LogP contribution in [0.15, 0.2) is 37.0 Å². The summed E-state index contributed by atoms with van der Waals surface area (Å²) in [4.78, 5) is 4.58. The zero-order valence-electron chi connectivity index (χ0n) is 18.9. The van der Waals surface area contributed by atoms with Gasteiger partial charge in [-0.05, 0) is 36.6 Å². The summed E-state index contributed by atoms with van der Waals surface area (Å²) in [6.07, 6.45) is 5.97. The van der Waals surface area contributed by atoms with E-state index in [1.54, 1.807) is 4.68 Å². The highest BCUT2D eigenvalue weighted by Crippen LogP contribution is 2.29. The molecule has 2 heterocycles. The van der Waals surface area contributed by atoms with Gasteiger partial charge in [0.1, 0.15) is 5.82 Å². The maximum atomic E-state index is 14.9. The Labute approximate surface area is 183 Å². The van der Waals surface area contributed by atoms with E-state index in [1.807, 2.05) is 31.4 Å². The smallest absolute Gasteiger partial charge is 0.166 e. The van der Waals surface area contributed by atoms with Crippen molar-refractivity contribution in [2.24, 2.45) is 18.7 Å². The van der Waals surface area contributed by atoms with Crippen LogP contribution in [0.2, 0.25) is 0 Å². The standard InChI is InChI=1S/C24H33FN6/c1-6-8-9-21(15(3)7-2)29-24-20(25)13-19(16(4)26)23(30-24)28-18-11-10-17-14-27-31(5)22(17)12-18/h10-15,21H,4,6-9,26H2,1-3,5H3,(H2,28,29,30)/t15-,21?/m1/s1. The number of benzene rings is 1. The first-order chi connectivity index (χ1) is 14.8. The average molecular weight is 425 g/mol. The Morgan fingerprint density at radius 3 is 2.71 bits per heavy atom. The van der Waals surface area contributed by atoms with Crippen LogP contribution in [-0.2, 0) is 7.05 Å². The molecule has 0 amide bonds. The SMILES string of the molecule is C=C(N)c1cc(F)c(NC(CCCC)[C@H](C)CC)nc1Nc1ccc2cnn(C)c2c1. The van der Waals surface area contributed by atoms with E-state index in [4.69, 9.17) is 5.73 Å². The quantitative estimate of drug-likeness (QED) is 0.383. The van der Waals surface area contributed by atoms with Crippen molar-refractivity contribution < 1.29 is 4.39 Å². The maximum absolute atomic E-state index is 14.9. The molecular weight excluding hydrogens is 391 g/mol. The summed E-state index contributed by atoms with van der Waals surface area (Å²) in [5, 5.41) is 12.0. The Balaban J connectivity index is 1.95. The zero-order chi connectivity index (χ0) is 22.5. The van der Waals surface area contributed by atoms with Gasteiger partial charge in [0.15, 0.2) is 11.6 Å². The molecule has 0 radical (unpaired) electrons. The number of rotatable bonds is 10. The number of fused-ring (bicyclic) bond motifs is 1. The first kappa shape index (κ1) is 22.6. The number of nitrogens with zero attached hydrogens (tertiary/aromatic N) is 3. The minimum atomic E-state index is -0.431. The van der Waals surface area contributed by atoms with Gasteiger partial charge in [-0.25, -0.2) is 9.37 Å². The molecule has 0 aliphatic rings. The third kappa shape index (κ3) is 5.16. The van der Waals surface area contributed by atoms with E-state index in [9.17, 15) is 4.39 Å². The minimum Gasteiger partial charge on any atom is -0.399 e. The molecule has 0 aliphatic heterocycles. The zero-order valence-corrected chi connectivity index (χ0v) is 18.9. The van der Waals surface area contributed by atoms with Gasteiger partial charge in [0.2, 0.25) is 0 Å². The van der Waals surface area contributed by atoms with Gasteiger partial charge in [-0.1, -0.05) is 46.6 Å². The van der Waals surface area contributed by atoms with Crippen molar-refractivity contribution in [2.75, 3.05) is 10.6 Å². The summed E-state index contributed by atoms with van der Waals surface area (Å²) in [7, 11) is 1.89. The molecule has 0 spiro atoms. The lowest BCUT2D eigenvalue weighted by atomic mass is 9.94. The third-order valence-electron chi connectivity index (χ3n) is 5.86. The molecule has 3 aromatic rings. The average Bonchev–Trinajstić information content (AvgIpc) is 3.12. The summed E-state index contributed by atoms with van der Waals surface area (Å²) in [6, 6.07) is 7.45. The Morgan fingerprint density at radius 1 is 1.26 bits per heavy atom. The molecule has 1 aromatic carbocycles. The van der Waals surface area contributed by atoms with E-state index in [0.29, 0.717) is 17.3 Å². The summed E-state index contributed by atoms with van der Waals surface area (Å²) in [5.74, 6) is 0.673. The second kappa shape index (κ2) is 9.81. The van der Waals surface area contributed by atoms with E-state index < -0.39 is 5.82 Å². The number of unbranched alkanes of at least 4 members (excludes halogenated alkanes) is 1. The molecule has 166 valence electrons. The van der Waals surface area contributed by atoms with Gasteiger partial charge in [-0.3, -0.25) is 4.68 Å². The van der Waals surface area contributed by atoms with Crippen molar-refractivity contribution in [2.45, 2.75) is 52.5 Å². The van der Waals surface area contributed by atoms with Crippen LogP contribution >= 0.6 is 0 Å². The number of aromatic nitrogens is 3. The highest BCUT2D eigenvalue weighted by Gasteiger charge is 2.20. The fourth-order valence-electron chi connectivity index (χ4n) is 3.67. The highest BCUT2D eigenvalue weighted by molar-refractivity contribution is 5.84. The van der Waals surface area contributed by atoms with Crippen molar-refractivity contribution in [1.29, 1.82) is 0 Å². The van der Waals surface area contributed by atoms with Gasteiger partial charge < -0.3 is 16.4 Å². The molecule has 3 rings (SSSR count). The third-order valence-corrected chi connectivity index (χ3v) is 5.86. The van der Waals surface area contributed by atoms with Crippen LogP contribution in [0.25, 0.3) is 16.6 Å². The summed E-state index contributed by atoms with van der Waals surface area (Å²) in [6.45, 7) is 10.3. The summed E-state index contributed by atoms with van der Waals surface area (Å²) >= 11 is 0. The van der Waals surface area contributed by atoms with E-state index in [2.05, 4.69) is 48.1 Å². The van der Waals surface area contributed by atoms with Crippen molar-refractivity contribution in [3.63, 3.8) is 0 Å². The van der Waals surface area contributed by atoms with Crippen LogP contribution in [-0.4, -0.2) is 20.8 Å². The topological polar surface area (TPSA) is 80.8 Å². The predicted molar refractivity (Wildman–Crippen MR) is 128 cm³/mol. The van der Waals surface area contributed by atoms with Gasteiger partial charge in [0, 0.05) is 35.4 Å². The molecule has 6 nitrogen and oxygen atoms in total. The number of aryl methyl sites for hydroxylation is 1. The summed E-state index contributed by atoms with van der Waals surface area (Å²) in [5.41, 5.74) is 8.44. The second-order valence-corrected chi connectivity index (χ2v) is 8.19. The van der Waals surface area contributed by atoms with Crippen molar-refractivity contribution in [3.8, 4) is 0 Å². The number of nitrogens with two attached hydrogens (primary N) is 1. The second-order valence-electron chi connectivity index (χ2n) is 8.19. The minimum absolute atomic E-state index is 0.150. The van der Waals surface area contributed by atoms with Gasteiger partial charge in [-0.15, -0.1) is 0 Å². The van der Waals surface area contributed by atoms with E-state index in [1.165, 1.54) is 6.07 Å². The summed E-state index contributed by atoms with van der Waals surface area (Å²) < 4.78 is 16.7. The molecule has 0 fully saturated rings. The molecule has 31 heavy (non-hydrogen) atoms. The van der Waals surface area contributed by atoms with Gasteiger partial charge in [-0.2, -0.15) is 5.10 Å². The normalized spacial score (nSPS) is 13.2. The number of halogens is 1. The predicted octanol–water partition coefficient (Wildman–Crippen LogP) is 5.80. The Hall–Kier alpha value is -3.09. The molecular formula is C24H33FN6. The lowest BCUT2D eigenvalue weighted by Crippen LogP contribution is -2.28. The molecule has 7 heteroatoms. The maximum Gasteiger partial charge on any atom is 0.166 e. The van der Waals surface area contributed by atoms with E-state index in [-0.39, 0.29) is 17.6 Å². The van der Waals surface area contributed by atoms with Gasteiger partial charge >= 0.3 is 0 Å². The molecule has 0 aliphatic carbocycles. The molecule has 4 N–H and O–H groups in total. The lowest BCUT2D eigenvalue weighted by Gasteiger charge is -2.25. The van der Waals surface area contributed by atoms with E-state index in [0.717, 1.165) is 42.3 Å². The molecule has 0 saturated heterocycles. The van der Waals surface area contributed by atoms with Crippen molar-refractivity contribution in [3.05, 3.63) is 48.4 Å². The molecule has 1 unspecified atom stereocenters. The van der Waals surface area contributed by atoms with Gasteiger partial charge in [0.05, 0.1) is 11.7 Å². The van der Waals surface area contributed by atoms with Crippen molar-refractivity contribution in [1.82, 2.24) is 14.8 Å².